The Balaban J connectivity index is 2.51. The number of hydrogen-bond donors (Lipinski definition) is 0. The highest BCUT2D eigenvalue weighted by molar-refractivity contribution is 6.14. The van der Waals surface area contributed by atoms with E-state index in [1.165, 1.54) is 18.9 Å². The summed E-state index contributed by atoms with van der Waals surface area (Å²) in [4.78, 5) is 25.2. The average molecular weight is 235 g/mol. The van der Waals surface area contributed by atoms with Gasteiger partial charge in [-0.25, -0.2) is 4.79 Å². The van der Waals surface area contributed by atoms with Crippen LogP contribution in [0.1, 0.15) is 6.92 Å². The Bertz CT molecular complexity index is 485. The van der Waals surface area contributed by atoms with Crippen LogP contribution in [-0.2, 0) is 14.3 Å². The molecule has 0 aliphatic carbocycles. The van der Waals surface area contributed by atoms with E-state index in [-0.39, 0.29) is 0 Å². The molecule has 0 fully saturated rings. The van der Waals surface area contributed by atoms with Gasteiger partial charge in [-0.05, 0) is 19.1 Å². The lowest BCUT2D eigenvalue weighted by molar-refractivity contribution is -0.163. The van der Waals surface area contributed by atoms with Crippen molar-refractivity contribution < 1.29 is 19.1 Å². The predicted molar refractivity (Wildman–Crippen MR) is 60.9 cm³/mol. The molecule has 17 heavy (non-hydrogen) atoms. The number of ether oxygens (including phenoxy) is 2. The third-order valence-corrected chi connectivity index (χ3v) is 2.83. The number of nitrogens with zero attached hydrogens (tertiary/aromatic N) is 1. The molecule has 1 heterocycles. The van der Waals surface area contributed by atoms with Crippen LogP contribution in [0.5, 0.6) is 5.75 Å². The maximum atomic E-state index is 12.1. The second-order valence-electron chi connectivity index (χ2n) is 3.96. The van der Waals surface area contributed by atoms with E-state index < -0.39 is 17.5 Å². The van der Waals surface area contributed by atoms with Gasteiger partial charge in [-0.2, -0.15) is 0 Å². The summed E-state index contributed by atoms with van der Waals surface area (Å²) < 4.78 is 10.1. The molecule has 2 rings (SSSR count). The smallest absolute Gasteiger partial charge is 0.359 e. The molecule has 0 aromatic heterocycles. The summed E-state index contributed by atoms with van der Waals surface area (Å²) in [5.74, 6) is -0.658. The molecule has 0 radical (unpaired) electrons. The minimum atomic E-state index is -1.61. The number of carbonyl (C=O) groups is 2. The van der Waals surface area contributed by atoms with Crippen molar-refractivity contribution in [3.8, 4) is 5.75 Å². The van der Waals surface area contributed by atoms with Crippen LogP contribution in [0.2, 0.25) is 0 Å². The molecule has 0 spiro atoms. The molecule has 0 unspecified atom stereocenters. The first-order valence-corrected chi connectivity index (χ1v) is 5.15. The van der Waals surface area contributed by atoms with Gasteiger partial charge in [-0.1, -0.05) is 12.1 Å². The number of rotatable bonds is 1. The predicted octanol–water partition coefficient (Wildman–Crippen LogP) is 0.974. The van der Waals surface area contributed by atoms with Crippen LogP contribution in [-0.4, -0.2) is 31.6 Å². The lowest BCUT2D eigenvalue weighted by atomic mass is 10.0. The first kappa shape index (κ1) is 11.4. The largest absolute Gasteiger partial charge is 0.466 e. The molecule has 1 aromatic carbocycles. The number of hydrogen-bond acceptors (Lipinski definition) is 4. The second-order valence-corrected chi connectivity index (χ2v) is 3.96. The summed E-state index contributed by atoms with van der Waals surface area (Å²) in [6.07, 6.45) is 0. The lowest BCUT2D eigenvalue weighted by Gasteiger charge is -2.36. The van der Waals surface area contributed by atoms with E-state index in [0.29, 0.717) is 11.4 Å². The van der Waals surface area contributed by atoms with Crippen molar-refractivity contribution in [2.24, 2.45) is 0 Å². The first-order valence-electron chi connectivity index (χ1n) is 5.15. The fraction of sp³-hybridized carbons (Fsp3) is 0.333. The monoisotopic (exact) mass is 235 g/mol. The van der Waals surface area contributed by atoms with Crippen LogP contribution in [0.25, 0.3) is 0 Å². The molecular formula is C12H13NO4. The Labute approximate surface area is 98.9 Å². The van der Waals surface area contributed by atoms with E-state index in [0.717, 1.165) is 0 Å². The zero-order chi connectivity index (χ0) is 12.6. The number of likely N-dealkylation sites (N-methyl/N-ethyl adjacent to an activating group) is 1. The topological polar surface area (TPSA) is 55.8 Å². The molecule has 0 saturated carbocycles. The van der Waals surface area contributed by atoms with Gasteiger partial charge in [0.05, 0.1) is 12.8 Å². The SMILES string of the molecule is COC(=O)[C@]1(C)Oc2ccccc2N(C)C1=O. The van der Waals surface area contributed by atoms with Crippen molar-refractivity contribution in [3.63, 3.8) is 0 Å². The Morgan fingerprint density at radius 1 is 1.41 bits per heavy atom. The number of carbonyl (C=O) groups excluding carboxylic acids is 2. The lowest BCUT2D eigenvalue weighted by Crippen LogP contribution is -2.58. The second kappa shape index (κ2) is 3.76. The third kappa shape index (κ3) is 1.54. The van der Waals surface area contributed by atoms with Crippen molar-refractivity contribution in [2.75, 3.05) is 19.1 Å². The fourth-order valence-corrected chi connectivity index (χ4v) is 1.84. The number of methoxy groups -OCH3 is 1. The minimum absolute atomic E-state index is 0.442. The molecule has 5 heteroatoms. The van der Waals surface area contributed by atoms with Crippen molar-refractivity contribution >= 4 is 17.6 Å². The van der Waals surface area contributed by atoms with E-state index in [2.05, 4.69) is 4.74 Å². The van der Waals surface area contributed by atoms with E-state index in [1.807, 2.05) is 0 Å². The van der Waals surface area contributed by atoms with E-state index in [1.54, 1.807) is 31.3 Å². The highest BCUT2D eigenvalue weighted by Crippen LogP contribution is 2.36. The zero-order valence-electron chi connectivity index (χ0n) is 9.89. The average Bonchev–Trinajstić information content (AvgIpc) is 2.35. The maximum absolute atomic E-state index is 12.1. The molecule has 0 saturated heterocycles. The summed E-state index contributed by atoms with van der Waals surface area (Å²) in [6, 6.07) is 7.04. The number of anilines is 1. The van der Waals surface area contributed by atoms with Crippen LogP contribution in [0.3, 0.4) is 0 Å². The summed E-state index contributed by atoms with van der Waals surface area (Å²) in [5.41, 5.74) is -0.975. The van der Waals surface area contributed by atoms with E-state index >= 15 is 0 Å². The van der Waals surface area contributed by atoms with E-state index in [9.17, 15) is 9.59 Å². The molecule has 1 aliphatic rings. The molecule has 0 N–H and O–H groups in total. The fourth-order valence-electron chi connectivity index (χ4n) is 1.84. The molecule has 1 atom stereocenters. The standard InChI is InChI=1S/C12H13NO4/c1-12(11(15)16-3)10(14)13(2)8-6-4-5-7-9(8)17-12/h4-7H,1-3H3/t12-/m1/s1. The van der Waals surface area contributed by atoms with Crippen LogP contribution in [0, 0.1) is 0 Å². The van der Waals surface area contributed by atoms with Gasteiger partial charge in [0.1, 0.15) is 5.75 Å². The number of para-hydroxylation sites is 2. The Hall–Kier alpha value is -2.04. The summed E-state index contributed by atoms with van der Waals surface area (Å²) >= 11 is 0. The molecular weight excluding hydrogens is 222 g/mol. The van der Waals surface area contributed by atoms with Crippen LogP contribution < -0.4 is 9.64 Å². The zero-order valence-corrected chi connectivity index (χ0v) is 9.89. The number of benzene rings is 1. The number of amides is 1. The molecule has 90 valence electrons. The van der Waals surface area contributed by atoms with Gasteiger partial charge in [0.15, 0.2) is 0 Å². The Morgan fingerprint density at radius 2 is 2.06 bits per heavy atom. The summed E-state index contributed by atoms with van der Waals surface area (Å²) in [5, 5.41) is 0. The molecule has 5 nitrogen and oxygen atoms in total. The normalized spacial score (nSPS) is 22.8. The van der Waals surface area contributed by atoms with Gasteiger partial charge in [-0.15, -0.1) is 0 Å². The van der Waals surface area contributed by atoms with Crippen LogP contribution in [0.15, 0.2) is 24.3 Å². The van der Waals surface area contributed by atoms with Gasteiger partial charge >= 0.3 is 5.97 Å². The van der Waals surface area contributed by atoms with E-state index in [4.69, 9.17) is 4.74 Å². The third-order valence-electron chi connectivity index (χ3n) is 2.83. The first-order chi connectivity index (χ1) is 8.00. The molecule has 1 aliphatic heterocycles. The summed E-state index contributed by atoms with van der Waals surface area (Å²) in [7, 11) is 2.83. The maximum Gasteiger partial charge on any atom is 0.359 e. The molecule has 0 bridgehead atoms. The van der Waals surface area contributed by atoms with Crippen molar-refractivity contribution in [1.82, 2.24) is 0 Å². The van der Waals surface area contributed by atoms with Gasteiger partial charge in [0.2, 0.25) is 0 Å². The molecule has 1 aromatic rings. The number of esters is 1. The summed E-state index contributed by atoms with van der Waals surface area (Å²) in [6.45, 7) is 1.41. The molecule has 1 amide bonds. The number of fused-ring (bicyclic) bond motifs is 1. The van der Waals surface area contributed by atoms with Gasteiger partial charge in [-0.3, -0.25) is 4.79 Å². The quantitative estimate of drug-likeness (QED) is 0.537. The van der Waals surface area contributed by atoms with Crippen molar-refractivity contribution in [2.45, 2.75) is 12.5 Å². The Morgan fingerprint density at radius 3 is 2.71 bits per heavy atom. The van der Waals surface area contributed by atoms with Crippen molar-refractivity contribution in [1.29, 1.82) is 0 Å². The van der Waals surface area contributed by atoms with Crippen LogP contribution >= 0.6 is 0 Å². The van der Waals surface area contributed by atoms with Gasteiger partial charge in [0.25, 0.3) is 11.5 Å². The van der Waals surface area contributed by atoms with Crippen LogP contribution in [0.4, 0.5) is 5.69 Å². The minimum Gasteiger partial charge on any atom is -0.466 e. The highest BCUT2D eigenvalue weighted by Gasteiger charge is 2.50. The highest BCUT2D eigenvalue weighted by atomic mass is 16.6. The van der Waals surface area contributed by atoms with Crippen molar-refractivity contribution in [3.05, 3.63) is 24.3 Å². The Kier molecular flexibility index (Phi) is 2.53. The van der Waals surface area contributed by atoms with Gasteiger partial charge in [0, 0.05) is 7.05 Å². The van der Waals surface area contributed by atoms with Gasteiger partial charge < -0.3 is 14.4 Å².